The highest BCUT2D eigenvalue weighted by Crippen LogP contribution is 2.20. The van der Waals surface area contributed by atoms with Crippen LogP contribution in [0.1, 0.15) is 72.1 Å². The molecule has 0 amide bonds. The van der Waals surface area contributed by atoms with Crippen LogP contribution in [0.2, 0.25) is 0 Å². The second-order valence-corrected chi connectivity index (χ2v) is 8.31. The summed E-state index contributed by atoms with van der Waals surface area (Å²) in [5.74, 6) is 0. The molecule has 1 aromatic carbocycles. The summed E-state index contributed by atoms with van der Waals surface area (Å²) in [5, 5.41) is 1.49. The number of allylic oxidation sites excluding steroid dienone is 1. The molecule has 0 N–H and O–H groups in total. The van der Waals surface area contributed by atoms with Crippen molar-refractivity contribution in [1.82, 2.24) is 4.90 Å². The summed E-state index contributed by atoms with van der Waals surface area (Å²) < 4.78 is 25.4. The molecule has 4 heteroatoms. The van der Waals surface area contributed by atoms with E-state index in [1.165, 1.54) is 43.9 Å². The fraction of sp³-hybridized carbons (Fsp3) is 0.619. The molecular weight excluding hydrogens is 330 g/mol. The molecule has 0 spiro atoms. The van der Waals surface area contributed by atoms with E-state index in [9.17, 15) is 8.42 Å². The average molecular weight is 366 g/mol. The maximum Gasteiger partial charge on any atom is 0.201 e. The van der Waals surface area contributed by atoms with Gasteiger partial charge in [-0.05, 0) is 38.8 Å². The van der Waals surface area contributed by atoms with Crippen LogP contribution < -0.4 is 0 Å². The lowest BCUT2D eigenvalue weighted by atomic mass is 10.1. The smallest absolute Gasteiger partial charge is 0.201 e. The normalized spacial score (nSPS) is 12.4. The van der Waals surface area contributed by atoms with Gasteiger partial charge in [0.15, 0.2) is 0 Å². The Kier molecular flexibility index (Phi) is 10.6. The molecule has 0 saturated carbocycles. The molecule has 0 bridgehead atoms. The summed E-state index contributed by atoms with van der Waals surface area (Å²) in [7, 11) is -3.38. The van der Waals surface area contributed by atoms with E-state index in [0.29, 0.717) is 4.90 Å². The minimum atomic E-state index is -3.38. The van der Waals surface area contributed by atoms with Crippen LogP contribution in [0.4, 0.5) is 0 Å². The van der Waals surface area contributed by atoms with Gasteiger partial charge in [-0.1, -0.05) is 63.6 Å². The minimum Gasteiger partial charge on any atom is -0.375 e. The van der Waals surface area contributed by atoms with Crippen molar-refractivity contribution in [2.45, 2.75) is 77.0 Å². The molecule has 0 aliphatic heterocycles. The summed E-state index contributed by atoms with van der Waals surface area (Å²) in [6, 6.07) is 8.72. The molecule has 0 radical (unpaired) electrons. The topological polar surface area (TPSA) is 37.4 Å². The Morgan fingerprint density at radius 3 is 2.00 bits per heavy atom. The van der Waals surface area contributed by atoms with E-state index in [-0.39, 0.29) is 0 Å². The van der Waals surface area contributed by atoms with Crippen LogP contribution in [0, 0.1) is 0 Å². The van der Waals surface area contributed by atoms with Crippen molar-refractivity contribution in [3.8, 4) is 0 Å². The number of sulfone groups is 1. The number of benzene rings is 1. The summed E-state index contributed by atoms with van der Waals surface area (Å²) in [4.78, 5) is 2.54. The number of nitrogens with zero attached hydrogens (tertiary/aromatic N) is 1. The predicted octanol–water partition coefficient (Wildman–Crippen LogP) is 5.78. The van der Waals surface area contributed by atoms with Crippen molar-refractivity contribution in [2.75, 3.05) is 13.1 Å². The average Bonchev–Trinajstić information content (AvgIpc) is 2.62. The zero-order valence-electron chi connectivity index (χ0n) is 16.2. The molecule has 25 heavy (non-hydrogen) atoms. The first-order valence-corrected chi connectivity index (χ1v) is 11.3. The maximum absolute atomic E-state index is 12.7. The molecule has 0 heterocycles. The highest BCUT2D eigenvalue weighted by Gasteiger charge is 2.15. The van der Waals surface area contributed by atoms with Crippen LogP contribution in [0.25, 0.3) is 0 Å². The van der Waals surface area contributed by atoms with E-state index in [4.69, 9.17) is 0 Å². The minimum absolute atomic E-state index is 0.374. The zero-order valence-corrected chi connectivity index (χ0v) is 17.0. The van der Waals surface area contributed by atoms with Gasteiger partial charge in [-0.2, -0.15) is 0 Å². The first-order chi connectivity index (χ1) is 12.0. The zero-order chi connectivity index (χ0) is 18.5. The van der Waals surface area contributed by atoms with Crippen LogP contribution in [-0.4, -0.2) is 26.4 Å². The third-order valence-corrected chi connectivity index (χ3v) is 6.08. The molecule has 1 rings (SSSR count). The molecule has 0 aromatic heterocycles. The molecule has 0 aliphatic carbocycles. The highest BCUT2D eigenvalue weighted by atomic mass is 32.2. The largest absolute Gasteiger partial charge is 0.375 e. The summed E-state index contributed by atoms with van der Waals surface area (Å²) in [5.41, 5.74) is 0.947. The Morgan fingerprint density at radius 1 is 0.880 bits per heavy atom. The molecular formula is C21H35NO2S. The number of hydrogen-bond donors (Lipinski definition) is 0. The van der Waals surface area contributed by atoms with Gasteiger partial charge in [0.2, 0.25) is 9.84 Å². The molecule has 0 unspecified atom stereocenters. The van der Waals surface area contributed by atoms with Gasteiger partial charge in [-0.25, -0.2) is 8.42 Å². The second-order valence-electron chi connectivity index (χ2n) is 6.51. The fourth-order valence-electron chi connectivity index (χ4n) is 3.04. The first kappa shape index (κ1) is 21.8. The monoisotopic (exact) mass is 365 g/mol. The third kappa shape index (κ3) is 8.08. The van der Waals surface area contributed by atoms with E-state index >= 15 is 0 Å². The van der Waals surface area contributed by atoms with E-state index in [0.717, 1.165) is 31.6 Å². The Labute approximate surface area is 155 Å². The van der Waals surface area contributed by atoms with E-state index < -0.39 is 9.84 Å². The van der Waals surface area contributed by atoms with Gasteiger partial charge in [-0.3, -0.25) is 0 Å². The Hall–Kier alpha value is -1.29. The molecule has 0 fully saturated rings. The SMILES string of the molecule is CCCCCCCCC/C(=C\S(=O)(=O)c1ccccc1)N(CC)CC. The van der Waals surface area contributed by atoms with Crippen LogP contribution >= 0.6 is 0 Å². The van der Waals surface area contributed by atoms with Gasteiger partial charge in [0, 0.05) is 18.8 Å². The first-order valence-electron chi connectivity index (χ1n) is 9.80. The van der Waals surface area contributed by atoms with Crippen LogP contribution in [0.3, 0.4) is 0 Å². The lowest BCUT2D eigenvalue weighted by molar-refractivity contribution is 0.364. The predicted molar refractivity (Wildman–Crippen MR) is 107 cm³/mol. The van der Waals surface area contributed by atoms with E-state index in [2.05, 4.69) is 25.7 Å². The highest BCUT2D eigenvalue weighted by molar-refractivity contribution is 7.94. The Bertz CT molecular complexity index is 590. The van der Waals surface area contributed by atoms with Crippen molar-refractivity contribution in [2.24, 2.45) is 0 Å². The van der Waals surface area contributed by atoms with Crippen LogP contribution in [0.5, 0.6) is 0 Å². The summed E-state index contributed by atoms with van der Waals surface area (Å²) in [6.45, 7) is 8.06. The third-order valence-electron chi connectivity index (χ3n) is 4.57. The Balaban J connectivity index is 2.73. The number of hydrogen-bond acceptors (Lipinski definition) is 3. The van der Waals surface area contributed by atoms with Crippen molar-refractivity contribution in [3.63, 3.8) is 0 Å². The van der Waals surface area contributed by atoms with Gasteiger partial charge >= 0.3 is 0 Å². The van der Waals surface area contributed by atoms with E-state index in [1.807, 2.05) is 6.07 Å². The maximum atomic E-state index is 12.7. The van der Waals surface area contributed by atoms with E-state index in [1.54, 1.807) is 24.3 Å². The lowest BCUT2D eigenvalue weighted by Gasteiger charge is -2.24. The molecule has 3 nitrogen and oxygen atoms in total. The fourth-order valence-corrected chi connectivity index (χ4v) is 4.34. The van der Waals surface area contributed by atoms with Gasteiger partial charge in [0.1, 0.15) is 0 Å². The lowest BCUT2D eigenvalue weighted by Crippen LogP contribution is -2.23. The second kappa shape index (κ2) is 12.1. The van der Waals surface area contributed by atoms with Crippen molar-refractivity contribution >= 4 is 9.84 Å². The molecule has 1 aromatic rings. The van der Waals surface area contributed by atoms with Gasteiger partial charge in [0.25, 0.3) is 0 Å². The van der Waals surface area contributed by atoms with Gasteiger partial charge in [-0.15, -0.1) is 0 Å². The standard InChI is InChI=1S/C21H35NO2S/c1-4-7-8-9-10-11-13-16-20(22(5-2)6-3)19-25(23,24)21-17-14-12-15-18-21/h12,14-15,17-19H,4-11,13,16H2,1-3H3/b20-19+. The molecule has 0 aliphatic rings. The number of unbranched alkanes of at least 4 members (excludes halogenated alkanes) is 6. The van der Waals surface area contributed by atoms with Gasteiger partial charge < -0.3 is 4.90 Å². The van der Waals surface area contributed by atoms with Gasteiger partial charge in [0.05, 0.1) is 10.3 Å². The molecule has 0 atom stereocenters. The van der Waals surface area contributed by atoms with Crippen LogP contribution in [-0.2, 0) is 9.84 Å². The molecule has 142 valence electrons. The van der Waals surface area contributed by atoms with Crippen LogP contribution in [0.15, 0.2) is 46.3 Å². The molecule has 0 saturated heterocycles. The van der Waals surface area contributed by atoms with Crippen molar-refractivity contribution in [1.29, 1.82) is 0 Å². The quantitative estimate of drug-likeness (QED) is 0.416. The van der Waals surface area contributed by atoms with Crippen molar-refractivity contribution in [3.05, 3.63) is 41.4 Å². The van der Waals surface area contributed by atoms with Crippen molar-refractivity contribution < 1.29 is 8.42 Å². The number of rotatable bonds is 13. The summed E-state index contributed by atoms with van der Waals surface area (Å²) in [6.07, 6.45) is 9.51. The Morgan fingerprint density at radius 2 is 1.44 bits per heavy atom. The summed E-state index contributed by atoms with van der Waals surface area (Å²) >= 11 is 0.